The summed E-state index contributed by atoms with van der Waals surface area (Å²) in [4.78, 5) is 0. The van der Waals surface area contributed by atoms with Crippen LogP contribution in [0.5, 0.6) is 5.75 Å². The van der Waals surface area contributed by atoms with Gasteiger partial charge in [-0.05, 0) is 37.1 Å². The first-order valence-electron chi connectivity index (χ1n) is 5.88. The van der Waals surface area contributed by atoms with E-state index in [0.29, 0.717) is 0 Å². The summed E-state index contributed by atoms with van der Waals surface area (Å²) < 4.78 is 5.10. The van der Waals surface area contributed by atoms with Gasteiger partial charge in [0.05, 0.1) is 19.3 Å². The molecule has 0 saturated heterocycles. The molecule has 0 spiro atoms. The van der Waals surface area contributed by atoms with E-state index in [2.05, 4.69) is 5.32 Å². The molecule has 0 bridgehead atoms. The van der Waals surface area contributed by atoms with Crippen molar-refractivity contribution in [3.05, 3.63) is 24.3 Å². The van der Waals surface area contributed by atoms with E-state index in [1.807, 2.05) is 24.3 Å². The molecule has 2 atom stereocenters. The Bertz CT molecular complexity index is 323. The molecule has 2 rings (SSSR count). The molecule has 1 aliphatic carbocycles. The van der Waals surface area contributed by atoms with E-state index in [4.69, 9.17) is 4.74 Å². The number of benzene rings is 1. The smallest absolute Gasteiger partial charge is 0.119 e. The lowest BCUT2D eigenvalue weighted by Gasteiger charge is -2.29. The van der Waals surface area contributed by atoms with Gasteiger partial charge in [0, 0.05) is 5.69 Å². The third kappa shape index (κ3) is 2.67. The highest BCUT2D eigenvalue weighted by atomic mass is 16.5. The summed E-state index contributed by atoms with van der Waals surface area (Å²) in [5, 5.41) is 13.2. The highest BCUT2D eigenvalue weighted by Crippen LogP contribution is 2.23. The van der Waals surface area contributed by atoms with Crippen molar-refractivity contribution >= 4 is 5.69 Å². The van der Waals surface area contributed by atoms with Crippen molar-refractivity contribution in [2.75, 3.05) is 12.4 Å². The summed E-state index contributed by atoms with van der Waals surface area (Å²) in [5.41, 5.74) is 1.05. The first-order valence-corrected chi connectivity index (χ1v) is 5.88. The predicted octanol–water partition coefficient (Wildman–Crippen LogP) is 2.41. The van der Waals surface area contributed by atoms with Crippen molar-refractivity contribution in [1.29, 1.82) is 0 Å². The Kier molecular flexibility index (Phi) is 3.67. The Morgan fingerprint density at radius 1 is 1.19 bits per heavy atom. The summed E-state index contributed by atoms with van der Waals surface area (Å²) in [7, 11) is 1.66. The van der Waals surface area contributed by atoms with Gasteiger partial charge in [-0.25, -0.2) is 0 Å². The highest BCUT2D eigenvalue weighted by Gasteiger charge is 2.22. The van der Waals surface area contributed by atoms with Crippen LogP contribution in [0.1, 0.15) is 25.7 Å². The molecule has 2 N–H and O–H groups in total. The molecule has 16 heavy (non-hydrogen) atoms. The van der Waals surface area contributed by atoms with Crippen molar-refractivity contribution in [3.63, 3.8) is 0 Å². The van der Waals surface area contributed by atoms with E-state index < -0.39 is 0 Å². The van der Waals surface area contributed by atoms with Gasteiger partial charge >= 0.3 is 0 Å². The molecule has 0 radical (unpaired) electrons. The number of hydrogen-bond donors (Lipinski definition) is 2. The van der Waals surface area contributed by atoms with Crippen molar-refractivity contribution in [1.82, 2.24) is 0 Å². The van der Waals surface area contributed by atoms with Gasteiger partial charge in [0.2, 0.25) is 0 Å². The second-order valence-corrected chi connectivity index (χ2v) is 4.33. The lowest BCUT2D eigenvalue weighted by atomic mass is 9.92. The predicted molar refractivity (Wildman–Crippen MR) is 64.9 cm³/mol. The molecule has 3 heteroatoms. The first-order chi connectivity index (χ1) is 7.79. The van der Waals surface area contributed by atoms with Gasteiger partial charge in [-0.3, -0.25) is 0 Å². The molecular weight excluding hydrogens is 202 g/mol. The summed E-state index contributed by atoms with van der Waals surface area (Å²) in [6.07, 6.45) is 4.09. The third-order valence-corrected chi connectivity index (χ3v) is 3.17. The van der Waals surface area contributed by atoms with E-state index in [1.165, 1.54) is 6.42 Å². The summed E-state index contributed by atoms with van der Waals surface area (Å²) in [6, 6.07) is 8.03. The molecule has 0 heterocycles. The fraction of sp³-hybridized carbons (Fsp3) is 0.538. The van der Waals surface area contributed by atoms with Gasteiger partial charge in [0.1, 0.15) is 5.75 Å². The van der Waals surface area contributed by atoms with Crippen molar-refractivity contribution < 1.29 is 9.84 Å². The Morgan fingerprint density at radius 2 is 1.88 bits per heavy atom. The van der Waals surface area contributed by atoms with E-state index in [9.17, 15) is 5.11 Å². The molecule has 1 fully saturated rings. The van der Waals surface area contributed by atoms with Crippen molar-refractivity contribution in [3.8, 4) is 5.75 Å². The van der Waals surface area contributed by atoms with E-state index in [1.54, 1.807) is 7.11 Å². The molecule has 0 aliphatic heterocycles. The topological polar surface area (TPSA) is 41.5 Å². The van der Waals surface area contributed by atoms with Crippen LogP contribution in [0, 0.1) is 0 Å². The first kappa shape index (κ1) is 11.3. The molecule has 0 amide bonds. The van der Waals surface area contributed by atoms with Crippen molar-refractivity contribution in [2.24, 2.45) is 0 Å². The number of nitrogens with one attached hydrogen (secondary N) is 1. The minimum atomic E-state index is -0.212. The average molecular weight is 221 g/mol. The van der Waals surface area contributed by atoms with Crippen molar-refractivity contribution in [2.45, 2.75) is 37.8 Å². The van der Waals surface area contributed by atoms with Crippen LogP contribution in [0.4, 0.5) is 5.69 Å². The van der Waals surface area contributed by atoms with Gasteiger partial charge < -0.3 is 15.2 Å². The maximum atomic E-state index is 9.84. The maximum Gasteiger partial charge on any atom is 0.119 e. The average Bonchev–Trinajstić information content (AvgIpc) is 2.33. The number of methoxy groups -OCH3 is 1. The van der Waals surface area contributed by atoms with Crippen LogP contribution < -0.4 is 10.1 Å². The van der Waals surface area contributed by atoms with Gasteiger partial charge in [-0.1, -0.05) is 12.8 Å². The zero-order valence-electron chi connectivity index (χ0n) is 9.65. The standard InChI is InChI=1S/C13H19NO2/c1-16-11-8-6-10(7-9-11)14-12-4-2-3-5-13(12)15/h6-9,12-15H,2-5H2,1H3/t12-,13+/m1/s1. The Balaban J connectivity index is 1.96. The molecule has 1 aromatic rings. The van der Waals surface area contributed by atoms with Gasteiger partial charge in [0.15, 0.2) is 0 Å². The van der Waals surface area contributed by atoms with Crippen LogP contribution >= 0.6 is 0 Å². The van der Waals surface area contributed by atoms with Crippen LogP contribution in [0.2, 0.25) is 0 Å². The van der Waals surface area contributed by atoms with E-state index >= 15 is 0 Å². The summed E-state index contributed by atoms with van der Waals surface area (Å²) >= 11 is 0. The van der Waals surface area contributed by atoms with Gasteiger partial charge in [-0.15, -0.1) is 0 Å². The minimum Gasteiger partial charge on any atom is -0.497 e. The van der Waals surface area contributed by atoms with Crippen LogP contribution in [0.15, 0.2) is 24.3 Å². The fourth-order valence-electron chi connectivity index (χ4n) is 2.18. The monoisotopic (exact) mass is 221 g/mol. The quantitative estimate of drug-likeness (QED) is 0.823. The fourth-order valence-corrected chi connectivity index (χ4v) is 2.18. The van der Waals surface area contributed by atoms with Crippen LogP contribution in [-0.2, 0) is 0 Å². The largest absolute Gasteiger partial charge is 0.497 e. The van der Waals surface area contributed by atoms with Crippen LogP contribution in [-0.4, -0.2) is 24.4 Å². The van der Waals surface area contributed by atoms with Crippen LogP contribution in [0.25, 0.3) is 0 Å². The number of ether oxygens (including phenoxy) is 1. The molecule has 0 unspecified atom stereocenters. The SMILES string of the molecule is COc1ccc(N[C@@H]2CCCC[C@@H]2O)cc1. The van der Waals surface area contributed by atoms with E-state index in [-0.39, 0.29) is 12.1 Å². The molecular formula is C13H19NO2. The maximum absolute atomic E-state index is 9.84. The third-order valence-electron chi connectivity index (χ3n) is 3.17. The molecule has 1 aliphatic rings. The molecule has 1 aromatic carbocycles. The molecule has 3 nitrogen and oxygen atoms in total. The Labute approximate surface area is 96.4 Å². The highest BCUT2D eigenvalue weighted by molar-refractivity contribution is 5.47. The number of aliphatic hydroxyl groups excluding tert-OH is 1. The van der Waals surface area contributed by atoms with Gasteiger partial charge in [-0.2, -0.15) is 0 Å². The minimum absolute atomic E-state index is 0.196. The number of aliphatic hydroxyl groups is 1. The lowest BCUT2D eigenvalue weighted by Crippen LogP contribution is -2.36. The second-order valence-electron chi connectivity index (χ2n) is 4.33. The lowest BCUT2D eigenvalue weighted by molar-refractivity contribution is 0.116. The Hall–Kier alpha value is -1.22. The molecule has 1 saturated carbocycles. The summed E-state index contributed by atoms with van der Waals surface area (Å²) in [6.45, 7) is 0. The van der Waals surface area contributed by atoms with Gasteiger partial charge in [0.25, 0.3) is 0 Å². The molecule has 88 valence electrons. The second kappa shape index (κ2) is 5.21. The summed E-state index contributed by atoms with van der Waals surface area (Å²) in [5.74, 6) is 0.856. The molecule has 0 aromatic heterocycles. The van der Waals surface area contributed by atoms with Crippen LogP contribution in [0.3, 0.4) is 0 Å². The number of rotatable bonds is 3. The Morgan fingerprint density at radius 3 is 2.50 bits per heavy atom. The number of anilines is 1. The zero-order chi connectivity index (χ0) is 11.4. The zero-order valence-corrected chi connectivity index (χ0v) is 9.65. The van der Waals surface area contributed by atoms with E-state index in [0.717, 1.165) is 30.7 Å². The normalized spacial score (nSPS) is 25.1. The number of hydrogen-bond acceptors (Lipinski definition) is 3.